The number of carbonyl (C=O) groups excluding carboxylic acids is 3. The molecule has 1 N–H and O–H groups in total. The zero-order chi connectivity index (χ0) is 20.4. The van der Waals surface area contributed by atoms with Gasteiger partial charge in [-0.05, 0) is 39.3 Å². The van der Waals surface area contributed by atoms with Gasteiger partial charge in [-0.25, -0.2) is 9.59 Å². The second-order valence-corrected chi connectivity index (χ2v) is 7.79. The van der Waals surface area contributed by atoms with Crippen LogP contribution in [0.4, 0.5) is 0 Å². The molecule has 0 radical (unpaired) electrons. The first-order valence-electron chi connectivity index (χ1n) is 9.15. The number of epoxide rings is 1. The lowest BCUT2D eigenvalue weighted by Gasteiger charge is -2.37. The molecule has 4 rings (SSSR count). The molecule has 4 aliphatic heterocycles. The first-order chi connectivity index (χ1) is 13.1. The van der Waals surface area contributed by atoms with Crippen molar-refractivity contribution in [2.75, 3.05) is 6.61 Å². The van der Waals surface area contributed by atoms with Gasteiger partial charge in [0.25, 0.3) is 0 Å². The summed E-state index contributed by atoms with van der Waals surface area (Å²) >= 11 is 0. The van der Waals surface area contributed by atoms with Gasteiger partial charge < -0.3 is 24.1 Å². The van der Waals surface area contributed by atoms with Gasteiger partial charge in [0, 0.05) is 11.6 Å². The number of ketones is 1. The average molecular weight is 390 g/mol. The second kappa shape index (κ2) is 6.02. The summed E-state index contributed by atoms with van der Waals surface area (Å²) in [5.74, 6) is -2.20. The molecule has 0 aromatic heterocycles. The van der Waals surface area contributed by atoms with E-state index in [1.54, 1.807) is 32.9 Å². The van der Waals surface area contributed by atoms with Crippen molar-refractivity contribution >= 4 is 17.7 Å². The molecule has 150 valence electrons. The zero-order valence-corrected chi connectivity index (χ0v) is 16.1. The predicted octanol–water partition coefficient (Wildman–Crippen LogP) is 0.738. The third-order valence-electron chi connectivity index (χ3n) is 6.04. The van der Waals surface area contributed by atoms with Crippen LogP contribution in [0.5, 0.6) is 0 Å². The molecule has 2 saturated heterocycles. The first kappa shape index (κ1) is 18.9. The summed E-state index contributed by atoms with van der Waals surface area (Å²) in [6.07, 6.45) is 0.923. The Balaban J connectivity index is 1.84. The van der Waals surface area contributed by atoms with Crippen molar-refractivity contribution in [2.24, 2.45) is 5.92 Å². The van der Waals surface area contributed by atoms with Gasteiger partial charge in [-0.2, -0.15) is 0 Å². The van der Waals surface area contributed by atoms with E-state index in [4.69, 9.17) is 18.9 Å². The van der Waals surface area contributed by atoms with E-state index < -0.39 is 53.2 Å². The maximum atomic E-state index is 12.6. The number of esters is 2. The summed E-state index contributed by atoms with van der Waals surface area (Å²) in [5, 5.41) is 11.2. The second-order valence-electron chi connectivity index (χ2n) is 7.79. The van der Waals surface area contributed by atoms with Gasteiger partial charge in [-0.3, -0.25) is 4.79 Å². The summed E-state index contributed by atoms with van der Waals surface area (Å²) in [5.41, 5.74) is -2.04. The zero-order valence-electron chi connectivity index (χ0n) is 16.1. The van der Waals surface area contributed by atoms with Gasteiger partial charge in [0.1, 0.15) is 24.1 Å². The molecule has 0 aromatic carbocycles. The number of hydrogen-bond donors (Lipinski definition) is 1. The van der Waals surface area contributed by atoms with E-state index in [1.807, 2.05) is 0 Å². The normalized spacial score (nSPS) is 43.7. The Morgan fingerprint density at radius 1 is 1.39 bits per heavy atom. The lowest BCUT2D eigenvalue weighted by Crippen LogP contribution is -2.57. The van der Waals surface area contributed by atoms with Crippen molar-refractivity contribution < 1.29 is 38.4 Å². The standard InChI is InChI=1S/C20H22O8/c1-5-9(2)17(23)27-15-14-12(26-18(24)20(14)8-25-20)6-10(3)11-7-13(21)19(4,28-11)16(15)22/h5-7,12,14-16,22H,8H2,1-4H3/b9-5+,10-6-/t12-,14+,15+,16+,19+,20+/m1/s1. The molecule has 0 amide bonds. The number of carbonyl (C=O) groups is 3. The highest BCUT2D eigenvalue weighted by molar-refractivity contribution is 6.00. The molecule has 2 bridgehead atoms. The highest BCUT2D eigenvalue weighted by Gasteiger charge is 2.72. The van der Waals surface area contributed by atoms with Crippen LogP contribution < -0.4 is 0 Å². The van der Waals surface area contributed by atoms with Crippen LogP contribution in [0.15, 0.2) is 35.1 Å². The van der Waals surface area contributed by atoms with Crippen LogP contribution in [0.1, 0.15) is 27.7 Å². The van der Waals surface area contributed by atoms with Crippen LogP contribution in [-0.2, 0) is 33.3 Å². The number of rotatable bonds is 2. The fourth-order valence-electron chi connectivity index (χ4n) is 3.96. The molecular weight excluding hydrogens is 368 g/mol. The molecule has 2 fully saturated rings. The van der Waals surface area contributed by atoms with E-state index in [9.17, 15) is 19.5 Å². The molecule has 0 saturated carbocycles. The van der Waals surface area contributed by atoms with Crippen LogP contribution in [0.3, 0.4) is 0 Å². The van der Waals surface area contributed by atoms with E-state index in [2.05, 4.69) is 0 Å². The molecule has 0 aliphatic carbocycles. The lowest BCUT2D eigenvalue weighted by molar-refractivity contribution is -0.179. The number of aliphatic hydroxyl groups excluding tert-OH is 1. The molecule has 28 heavy (non-hydrogen) atoms. The molecule has 6 atom stereocenters. The van der Waals surface area contributed by atoms with Crippen LogP contribution in [0.2, 0.25) is 0 Å². The van der Waals surface area contributed by atoms with Crippen LogP contribution in [0, 0.1) is 5.92 Å². The fourth-order valence-corrected chi connectivity index (χ4v) is 3.96. The summed E-state index contributed by atoms with van der Waals surface area (Å²) in [6.45, 7) is 6.51. The molecule has 4 heterocycles. The van der Waals surface area contributed by atoms with E-state index in [0.717, 1.165) is 0 Å². The number of fused-ring (bicyclic) bond motifs is 4. The molecule has 8 nitrogen and oxygen atoms in total. The van der Waals surface area contributed by atoms with E-state index in [-0.39, 0.29) is 12.4 Å². The van der Waals surface area contributed by atoms with Crippen molar-refractivity contribution in [3.63, 3.8) is 0 Å². The van der Waals surface area contributed by atoms with Crippen molar-refractivity contribution in [1.82, 2.24) is 0 Å². The minimum Gasteiger partial charge on any atom is -0.476 e. The highest BCUT2D eigenvalue weighted by atomic mass is 16.7. The third-order valence-corrected chi connectivity index (χ3v) is 6.04. The van der Waals surface area contributed by atoms with Crippen LogP contribution in [0.25, 0.3) is 0 Å². The van der Waals surface area contributed by atoms with Crippen molar-refractivity contribution in [3.8, 4) is 0 Å². The van der Waals surface area contributed by atoms with Gasteiger partial charge in [-0.1, -0.05) is 6.08 Å². The maximum absolute atomic E-state index is 12.6. The minimum absolute atomic E-state index is 0.0947. The lowest BCUT2D eigenvalue weighted by atomic mass is 9.77. The quantitative estimate of drug-likeness (QED) is 0.417. The number of ether oxygens (including phenoxy) is 4. The Morgan fingerprint density at radius 3 is 2.68 bits per heavy atom. The average Bonchev–Trinajstić information content (AvgIpc) is 3.32. The summed E-state index contributed by atoms with van der Waals surface area (Å²) in [4.78, 5) is 37.6. The SMILES string of the molecule is C/C=C(\C)C(=O)O[C@H]1[C@@H]2[C@@H](/C=C(/C)C3=CC(=O)[C@](C)(O3)[C@H]1O)OC(=O)[C@]21CO1. The largest absolute Gasteiger partial charge is 0.476 e. The Bertz CT molecular complexity index is 861. The van der Waals surface area contributed by atoms with Crippen LogP contribution in [-0.4, -0.2) is 58.9 Å². The molecule has 4 aliphatic rings. The highest BCUT2D eigenvalue weighted by Crippen LogP contribution is 2.51. The van der Waals surface area contributed by atoms with E-state index in [1.165, 1.54) is 13.0 Å². The van der Waals surface area contributed by atoms with E-state index >= 15 is 0 Å². The van der Waals surface area contributed by atoms with Gasteiger partial charge in [0.2, 0.25) is 5.78 Å². The smallest absolute Gasteiger partial charge is 0.342 e. The third kappa shape index (κ3) is 2.48. The first-order valence-corrected chi connectivity index (χ1v) is 9.15. The van der Waals surface area contributed by atoms with Gasteiger partial charge in [-0.15, -0.1) is 0 Å². The predicted molar refractivity (Wildman–Crippen MR) is 93.7 cm³/mol. The molecule has 8 heteroatoms. The monoisotopic (exact) mass is 390 g/mol. The van der Waals surface area contributed by atoms with Crippen molar-refractivity contribution in [3.05, 3.63) is 35.1 Å². The Kier molecular flexibility index (Phi) is 4.06. The number of hydrogen-bond acceptors (Lipinski definition) is 8. The van der Waals surface area contributed by atoms with Gasteiger partial charge >= 0.3 is 11.9 Å². The molecular formula is C20H22O8. The Morgan fingerprint density at radius 2 is 2.07 bits per heavy atom. The van der Waals surface area contributed by atoms with Crippen LogP contribution >= 0.6 is 0 Å². The minimum atomic E-state index is -1.66. The van der Waals surface area contributed by atoms with E-state index in [0.29, 0.717) is 11.1 Å². The van der Waals surface area contributed by atoms with Crippen molar-refractivity contribution in [2.45, 2.75) is 57.2 Å². The van der Waals surface area contributed by atoms with Gasteiger partial charge in [0.15, 0.2) is 11.2 Å². The summed E-state index contributed by atoms with van der Waals surface area (Å²) in [6, 6.07) is 0. The molecule has 0 unspecified atom stereocenters. The Labute approximate surface area is 161 Å². The Hall–Kier alpha value is -2.45. The molecule has 1 spiro atoms. The fraction of sp³-hybridized carbons (Fsp3) is 0.550. The molecule has 0 aromatic rings. The maximum Gasteiger partial charge on any atom is 0.342 e. The summed E-state index contributed by atoms with van der Waals surface area (Å²) < 4.78 is 22.4. The number of aliphatic hydroxyl groups is 1. The van der Waals surface area contributed by atoms with Gasteiger partial charge in [0.05, 0.1) is 12.5 Å². The topological polar surface area (TPSA) is 112 Å². The summed E-state index contributed by atoms with van der Waals surface area (Å²) in [7, 11) is 0. The van der Waals surface area contributed by atoms with Crippen molar-refractivity contribution in [1.29, 1.82) is 0 Å². The number of allylic oxidation sites excluding steroid dienone is 2.